The molecule has 2 rings (SSSR count). The van der Waals surface area contributed by atoms with Crippen molar-refractivity contribution in [1.29, 1.82) is 0 Å². The first-order valence-electron chi connectivity index (χ1n) is 10.8. The molecule has 5 nitrogen and oxygen atoms in total. The minimum atomic E-state index is -0.199. The van der Waals surface area contributed by atoms with Crippen molar-refractivity contribution in [1.82, 2.24) is 0 Å². The van der Waals surface area contributed by atoms with Crippen LogP contribution in [0.15, 0.2) is 48.5 Å². The molecule has 5 heteroatoms. The molecule has 1 N–H and O–H groups in total. The number of aryl methyl sites for hydroxylation is 1. The van der Waals surface area contributed by atoms with Crippen molar-refractivity contribution < 1.29 is 14.3 Å². The standard InChI is InChI=1S/C25H34N2O3/c1-4-11-25(29)30-19-21-16-17-23(27(2)3)22(18-21)26-24(28)15-10-6-9-14-20-12-7-5-8-13-20/h5,7-8,12-13,16-18H,4,6,9-11,14-15,19H2,1-3H3,(H,26,28). The van der Waals surface area contributed by atoms with E-state index in [2.05, 4.69) is 29.6 Å². The molecule has 0 aliphatic heterocycles. The molecule has 1 amide bonds. The number of rotatable bonds is 12. The van der Waals surface area contributed by atoms with E-state index in [1.807, 2.05) is 50.2 Å². The smallest absolute Gasteiger partial charge is 0.306 e. The summed E-state index contributed by atoms with van der Waals surface area (Å²) in [5.74, 6) is -0.187. The highest BCUT2D eigenvalue weighted by Gasteiger charge is 2.11. The molecule has 0 aliphatic carbocycles. The maximum absolute atomic E-state index is 12.5. The van der Waals surface area contributed by atoms with E-state index in [1.165, 1.54) is 5.56 Å². The normalized spacial score (nSPS) is 10.5. The Morgan fingerprint density at radius 1 is 0.933 bits per heavy atom. The van der Waals surface area contributed by atoms with Crippen molar-refractivity contribution in [2.24, 2.45) is 0 Å². The third kappa shape index (κ3) is 8.27. The van der Waals surface area contributed by atoms with Crippen LogP contribution in [-0.4, -0.2) is 26.0 Å². The van der Waals surface area contributed by atoms with Gasteiger partial charge in [0.15, 0.2) is 0 Å². The lowest BCUT2D eigenvalue weighted by molar-refractivity contribution is -0.145. The Kier molecular flexibility index (Phi) is 9.92. The highest BCUT2D eigenvalue weighted by Crippen LogP contribution is 2.26. The summed E-state index contributed by atoms with van der Waals surface area (Å²) in [4.78, 5) is 26.0. The van der Waals surface area contributed by atoms with Crippen LogP contribution in [0.2, 0.25) is 0 Å². The van der Waals surface area contributed by atoms with Crippen LogP contribution in [-0.2, 0) is 27.4 Å². The summed E-state index contributed by atoms with van der Waals surface area (Å²) in [5, 5.41) is 3.03. The number of hydrogen-bond acceptors (Lipinski definition) is 4. The Hall–Kier alpha value is -2.82. The molecule has 30 heavy (non-hydrogen) atoms. The zero-order valence-corrected chi connectivity index (χ0v) is 18.4. The van der Waals surface area contributed by atoms with Gasteiger partial charge in [-0.3, -0.25) is 9.59 Å². The average molecular weight is 411 g/mol. The maximum atomic E-state index is 12.5. The molecule has 162 valence electrons. The quantitative estimate of drug-likeness (QED) is 0.379. The highest BCUT2D eigenvalue weighted by atomic mass is 16.5. The molecule has 0 unspecified atom stereocenters. The number of amides is 1. The number of anilines is 2. The number of carbonyl (C=O) groups excluding carboxylic acids is 2. The second-order valence-corrected chi connectivity index (χ2v) is 7.75. The number of unbranched alkanes of at least 4 members (excludes halogenated alkanes) is 2. The summed E-state index contributed by atoms with van der Waals surface area (Å²) in [6.45, 7) is 2.16. The van der Waals surface area contributed by atoms with E-state index < -0.39 is 0 Å². The van der Waals surface area contributed by atoms with Crippen LogP contribution in [0.3, 0.4) is 0 Å². The van der Waals surface area contributed by atoms with Crippen LogP contribution in [0, 0.1) is 0 Å². The van der Waals surface area contributed by atoms with E-state index in [0.717, 1.165) is 49.0 Å². The number of esters is 1. The van der Waals surface area contributed by atoms with Gasteiger partial charge >= 0.3 is 5.97 Å². The first-order valence-corrected chi connectivity index (χ1v) is 10.8. The van der Waals surface area contributed by atoms with E-state index in [9.17, 15) is 9.59 Å². The predicted molar refractivity (Wildman–Crippen MR) is 123 cm³/mol. The Labute approximate surface area is 180 Å². The predicted octanol–water partition coefficient (Wildman–Crippen LogP) is 5.34. The first kappa shape index (κ1) is 23.5. The second-order valence-electron chi connectivity index (χ2n) is 7.75. The fourth-order valence-corrected chi connectivity index (χ4v) is 3.25. The van der Waals surface area contributed by atoms with Crippen molar-refractivity contribution in [3.63, 3.8) is 0 Å². The van der Waals surface area contributed by atoms with Gasteiger partial charge in [-0.25, -0.2) is 0 Å². The molecule has 2 aromatic rings. The number of benzene rings is 2. The highest BCUT2D eigenvalue weighted by molar-refractivity contribution is 5.94. The number of nitrogens with one attached hydrogen (secondary N) is 1. The fourth-order valence-electron chi connectivity index (χ4n) is 3.25. The minimum absolute atomic E-state index is 0.0120. The van der Waals surface area contributed by atoms with Gasteiger partial charge in [0, 0.05) is 26.9 Å². The van der Waals surface area contributed by atoms with Gasteiger partial charge in [0.1, 0.15) is 6.61 Å². The van der Waals surface area contributed by atoms with Crippen LogP contribution in [0.5, 0.6) is 0 Å². The lowest BCUT2D eigenvalue weighted by Gasteiger charge is -2.19. The number of ether oxygens (including phenoxy) is 1. The number of carbonyl (C=O) groups is 2. The summed E-state index contributed by atoms with van der Waals surface area (Å²) in [6.07, 6.45) is 5.71. The van der Waals surface area contributed by atoms with Crippen molar-refractivity contribution in [3.8, 4) is 0 Å². The zero-order chi connectivity index (χ0) is 21.8. The molecule has 0 aliphatic rings. The van der Waals surface area contributed by atoms with Gasteiger partial charge in [-0.15, -0.1) is 0 Å². The van der Waals surface area contributed by atoms with E-state index >= 15 is 0 Å². The van der Waals surface area contributed by atoms with Crippen molar-refractivity contribution >= 4 is 23.3 Å². The lowest BCUT2D eigenvalue weighted by atomic mass is 10.1. The van der Waals surface area contributed by atoms with Crippen molar-refractivity contribution in [2.45, 2.75) is 58.5 Å². The molecule has 0 spiro atoms. The Bertz CT molecular complexity index is 803. The molecule has 0 saturated carbocycles. The maximum Gasteiger partial charge on any atom is 0.306 e. The SMILES string of the molecule is CCCC(=O)OCc1ccc(N(C)C)c(NC(=O)CCCCCc2ccccc2)c1. The van der Waals surface area contributed by atoms with Crippen LogP contribution in [0.4, 0.5) is 11.4 Å². The molecule has 0 heterocycles. The number of nitrogens with zero attached hydrogens (tertiary/aromatic N) is 1. The molecule has 0 fully saturated rings. The summed E-state index contributed by atoms with van der Waals surface area (Å²) in [5.41, 5.74) is 3.88. The second kappa shape index (κ2) is 12.7. The Morgan fingerprint density at radius 3 is 2.40 bits per heavy atom. The summed E-state index contributed by atoms with van der Waals surface area (Å²) in [7, 11) is 3.88. The summed E-state index contributed by atoms with van der Waals surface area (Å²) < 4.78 is 5.29. The molecular formula is C25H34N2O3. The molecule has 0 saturated heterocycles. The van der Waals surface area contributed by atoms with Gasteiger partial charge in [-0.05, 0) is 48.9 Å². The molecule has 0 aromatic heterocycles. The van der Waals surface area contributed by atoms with Crippen LogP contribution < -0.4 is 10.2 Å². The van der Waals surface area contributed by atoms with Crippen LogP contribution in [0.25, 0.3) is 0 Å². The summed E-state index contributed by atoms with van der Waals surface area (Å²) in [6, 6.07) is 16.2. The molecular weight excluding hydrogens is 376 g/mol. The molecule has 0 radical (unpaired) electrons. The van der Waals surface area contributed by atoms with Gasteiger partial charge in [-0.1, -0.05) is 49.7 Å². The van der Waals surface area contributed by atoms with Gasteiger partial charge in [0.2, 0.25) is 5.91 Å². The third-order valence-electron chi connectivity index (χ3n) is 4.88. The fraction of sp³-hybridized carbons (Fsp3) is 0.440. The van der Waals surface area contributed by atoms with Gasteiger partial charge < -0.3 is 15.0 Å². The Balaban J connectivity index is 1.84. The third-order valence-corrected chi connectivity index (χ3v) is 4.88. The lowest BCUT2D eigenvalue weighted by Crippen LogP contribution is -2.17. The topological polar surface area (TPSA) is 58.6 Å². The van der Waals surface area contributed by atoms with Crippen LogP contribution >= 0.6 is 0 Å². The molecule has 2 aromatic carbocycles. The summed E-state index contributed by atoms with van der Waals surface area (Å²) >= 11 is 0. The largest absolute Gasteiger partial charge is 0.461 e. The molecule has 0 atom stereocenters. The Morgan fingerprint density at radius 2 is 1.70 bits per heavy atom. The monoisotopic (exact) mass is 410 g/mol. The van der Waals surface area contributed by atoms with Gasteiger partial charge in [-0.2, -0.15) is 0 Å². The van der Waals surface area contributed by atoms with Gasteiger partial charge in [0.05, 0.1) is 11.4 Å². The van der Waals surface area contributed by atoms with Crippen molar-refractivity contribution in [3.05, 3.63) is 59.7 Å². The van der Waals surface area contributed by atoms with E-state index in [0.29, 0.717) is 12.8 Å². The van der Waals surface area contributed by atoms with E-state index in [1.54, 1.807) is 0 Å². The van der Waals surface area contributed by atoms with E-state index in [-0.39, 0.29) is 18.5 Å². The number of hydrogen-bond donors (Lipinski definition) is 1. The minimum Gasteiger partial charge on any atom is -0.461 e. The van der Waals surface area contributed by atoms with Crippen LogP contribution in [0.1, 0.15) is 56.6 Å². The average Bonchev–Trinajstić information content (AvgIpc) is 2.73. The van der Waals surface area contributed by atoms with E-state index in [4.69, 9.17) is 4.74 Å². The first-order chi connectivity index (χ1) is 14.5. The zero-order valence-electron chi connectivity index (χ0n) is 18.4. The van der Waals surface area contributed by atoms with Gasteiger partial charge in [0.25, 0.3) is 0 Å². The van der Waals surface area contributed by atoms with Crippen molar-refractivity contribution in [2.75, 3.05) is 24.3 Å². The molecule has 0 bridgehead atoms.